The fourth-order valence-electron chi connectivity index (χ4n) is 4.76. The second-order valence-corrected chi connectivity index (χ2v) is 17.9. The van der Waals surface area contributed by atoms with Gasteiger partial charge in [-0.15, -0.1) is 0 Å². The first-order valence-corrected chi connectivity index (χ1v) is 37.6. The van der Waals surface area contributed by atoms with E-state index in [0.29, 0.717) is 13.2 Å². The standard InChI is InChI=1S/2C15H28O10.C13H24O10.C12H22O10.8C2H6/c1-12(16)10-24-14(17)22-8-6-20-4-5-21-7-9-23-15(18)25-11-13(2)19-3;1-11(16)8-24-14(18)22-5-4-20-10-13(3)21-6-7-23-15(19)25-9-12(2)17;1-11(19-8-9-23-13(17)21-5-3-15)10-18-6-7-22-12(16)20-4-2-14;13-1-3-19-11(15)21-9-7-17-5-6-18-8-10-22-12(16)20-4-2-14;8*1-2/h12-13,16H,4-11H2,1-3H3;11-13,16-17H,4-10H2,1-3H3;11,14-15H,2-10H2,1H3;13-14H,1-10H2;8*1-2H3. The van der Waals surface area contributed by atoms with E-state index in [1.54, 1.807) is 20.8 Å². The summed E-state index contributed by atoms with van der Waals surface area (Å²) in [6, 6.07) is 0. The van der Waals surface area contributed by atoms with Gasteiger partial charge in [0.15, 0.2) is 0 Å². The molecule has 0 saturated carbocycles. The van der Waals surface area contributed by atoms with E-state index in [2.05, 4.69) is 52.1 Å². The van der Waals surface area contributed by atoms with E-state index in [9.17, 15) is 38.4 Å². The summed E-state index contributed by atoms with van der Waals surface area (Å²) in [6.45, 7) is 43.4. The van der Waals surface area contributed by atoms with Crippen molar-refractivity contribution >= 4 is 49.2 Å². The lowest BCUT2D eigenvalue weighted by Crippen LogP contribution is -2.22. The molecule has 0 aromatic heterocycles. The van der Waals surface area contributed by atoms with Gasteiger partial charge in [0.1, 0.15) is 106 Å². The molecule has 0 rings (SSSR count). The van der Waals surface area contributed by atoms with Crippen molar-refractivity contribution in [2.45, 2.75) is 189 Å². The average Bonchev–Trinajstić information content (AvgIpc) is 1.13. The molecule has 0 fully saturated rings. The van der Waals surface area contributed by atoms with Crippen molar-refractivity contribution in [2.24, 2.45) is 0 Å². The third kappa shape index (κ3) is 139. The van der Waals surface area contributed by atoms with Gasteiger partial charge in [0, 0.05) is 7.11 Å². The topological polar surface area (TPSA) is 509 Å². The fourth-order valence-corrected chi connectivity index (χ4v) is 4.76. The van der Waals surface area contributed by atoms with Crippen LogP contribution in [-0.2, 0) is 118 Å². The van der Waals surface area contributed by atoms with Gasteiger partial charge in [-0.1, -0.05) is 111 Å². The molecule has 0 aromatic carbocycles. The van der Waals surface area contributed by atoms with Gasteiger partial charge in [-0.25, -0.2) is 38.4 Å². The highest BCUT2D eigenvalue weighted by Crippen LogP contribution is 1.99. The number of aliphatic hydroxyl groups excluding tert-OH is 7. The molecular weight excluding hydrogens is 1490 g/mol. The van der Waals surface area contributed by atoms with Crippen molar-refractivity contribution in [2.75, 3.05) is 232 Å². The van der Waals surface area contributed by atoms with Crippen molar-refractivity contribution in [1.29, 1.82) is 0 Å². The van der Waals surface area contributed by atoms with Gasteiger partial charge in [0.25, 0.3) is 0 Å². The number of rotatable bonds is 53. The van der Waals surface area contributed by atoms with Gasteiger partial charge in [-0.05, 0) is 41.5 Å². The number of carbonyl (C=O) groups excluding carboxylic acids is 8. The van der Waals surface area contributed by atoms with Gasteiger partial charge >= 0.3 is 49.2 Å². The zero-order chi connectivity index (χ0) is 87.8. The lowest BCUT2D eigenvalue weighted by molar-refractivity contribution is -0.0409. The third-order valence-electron chi connectivity index (χ3n) is 8.96. The lowest BCUT2D eigenvalue weighted by Gasteiger charge is -2.14. The number of ether oxygens (including phenoxy) is 25. The molecule has 0 radical (unpaired) electrons. The molecule has 0 aliphatic rings. The van der Waals surface area contributed by atoms with E-state index in [-0.39, 0.29) is 230 Å². The minimum atomic E-state index is -0.868. The molecule has 6 atom stereocenters. The Labute approximate surface area is 660 Å². The first-order valence-electron chi connectivity index (χ1n) is 37.6. The molecule has 40 nitrogen and oxygen atoms in total. The van der Waals surface area contributed by atoms with Crippen LogP contribution in [0.5, 0.6) is 0 Å². The SMILES string of the molecule is CC.CC.CC.CC.CC.CC.CC.CC.CC(COCCOC(=O)OCCO)OCCOC(=O)OCCO.CC(O)COC(=O)OCCOCC(C)OCCOC(=O)OCC(C)O.COC(C)COC(=O)OCCOCCOCCOC(=O)OCC(C)O.O=C(OCCO)OCCOCCOCCOC(=O)OCCO. The zero-order valence-electron chi connectivity index (χ0n) is 71.1. The highest BCUT2D eigenvalue weighted by atomic mass is 16.8. The largest absolute Gasteiger partial charge is 0.508 e. The van der Waals surface area contributed by atoms with Gasteiger partial charge in [-0.3, -0.25) is 0 Å². The molecular formula is C71H150O40. The molecule has 6 unspecified atom stereocenters. The predicted octanol–water partition coefficient (Wildman–Crippen LogP) is 8.44. The van der Waals surface area contributed by atoms with Crippen LogP contribution < -0.4 is 0 Å². The summed E-state index contributed by atoms with van der Waals surface area (Å²) in [5, 5.41) is 60.4. The molecule has 0 aliphatic carbocycles. The second kappa shape index (κ2) is 122. The molecule has 0 saturated heterocycles. The maximum atomic E-state index is 11.2. The highest BCUT2D eigenvalue weighted by molar-refractivity contribution is 5.62. The molecule has 7 N–H and O–H groups in total. The lowest BCUT2D eigenvalue weighted by atomic mass is 10.4. The Morgan fingerprint density at radius 2 is 0.369 bits per heavy atom. The number of methoxy groups -OCH3 is 1. The van der Waals surface area contributed by atoms with Crippen molar-refractivity contribution in [3.05, 3.63) is 0 Å². The first-order chi connectivity index (χ1) is 53.6. The van der Waals surface area contributed by atoms with Crippen LogP contribution in [0.1, 0.15) is 152 Å². The summed E-state index contributed by atoms with van der Waals surface area (Å²) in [5.74, 6) is 0. The van der Waals surface area contributed by atoms with E-state index in [1.165, 1.54) is 27.9 Å². The normalized spacial score (nSPS) is 11.0. The number of carbonyl (C=O) groups is 8. The Balaban J connectivity index is -0.000000111. The smallest absolute Gasteiger partial charge is 0.432 e. The molecule has 0 spiro atoms. The Hall–Kier alpha value is -6.48. The maximum Gasteiger partial charge on any atom is 0.508 e. The third-order valence-corrected chi connectivity index (χ3v) is 8.96. The second-order valence-electron chi connectivity index (χ2n) is 17.9. The van der Waals surface area contributed by atoms with Crippen LogP contribution in [0.25, 0.3) is 0 Å². The zero-order valence-corrected chi connectivity index (χ0v) is 71.1. The average molecular weight is 1640 g/mol. The minimum Gasteiger partial charge on any atom is -0.432 e. The quantitative estimate of drug-likeness (QED) is 0.0170. The van der Waals surface area contributed by atoms with E-state index in [1.807, 2.05) is 111 Å². The summed E-state index contributed by atoms with van der Waals surface area (Å²) in [6.07, 6.45) is -9.73. The summed E-state index contributed by atoms with van der Waals surface area (Å²) >= 11 is 0. The van der Waals surface area contributed by atoms with E-state index >= 15 is 0 Å². The van der Waals surface area contributed by atoms with Crippen molar-refractivity contribution in [1.82, 2.24) is 0 Å². The Bertz CT molecular complexity index is 1780. The Morgan fingerprint density at radius 3 is 0.559 bits per heavy atom. The van der Waals surface area contributed by atoms with Crippen LogP contribution in [0, 0.1) is 0 Å². The van der Waals surface area contributed by atoms with Crippen molar-refractivity contribution in [3.8, 4) is 0 Å². The Morgan fingerprint density at radius 1 is 0.207 bits per heavy atom. The molecule has 674 valence electrons. The van der Waals surface area contributed by atoms with Crippen LogP contribution in [0.15, 0.2) is 0 Å². The van der Waals surface area contributed by atoms with Crippen LogP contribution in [0.4, 0.5) is 38.4 Å². The molecule has 0 amide bonds. The van der Waals surface area contributed by atoms with Gasteiger partial charge in [0.05, 0.1) is 156 Å². The fraction of sp³-hybridized carbons (Fsp3) is 0.887. The van der Waals surface area contributed by atoms with E-state index in [4.69, 9.17) is 102 Å². The van der Waals surface area contributed by atoms with Gasteiger partial charge < -0.3 is 154 Å². The van der Waals surface area contributed by atoms with Crippen molar-refractivity contribution < 1.29 is 193 Å². The number of aliphatic hydroxyl groups is 7. The van der Waals surface area contributed by atoms with Crippen LogP contribution in [0.2, 0.25) is 0 Å². The summed E-state index contributed by atoms with van der Waals surface area (Å²) in [5.41, 5.74) is 0. The first kappa shape index (κ1) is 131. The van der Waals surface area contributed by atoms with Gasteiger partial charge in [0.2, 0.25) is 0 Å². The van der Waals surface area contributed by atoms with Crippen LogP contribution >= 0.6 is 0 Å². The van der Waals surface area contributed by atoms with E-state index < -0.39 is 67.6 Å². The summed E-state index contributed by atoms with van der Waals surface area (Å²) < 4.78 is 120. The molecule has 40 heteroatoms. The number of hydrogen-bond acceptors (Lipinski definition) is 40. The monoisotopic (exact) mass is 1640 g/mol. The van der Waals surface area contributed by atoms with Crippen molar-refractivity contribution in [3.63, 3.8) is 0 Å². The summed E-state index contributed by atoms with van der Waals surface area (Å²) in [4.78, 5) is 87.8. The highest BCUT2D eigenvalue weighted by Gasteiger charge is 2.13. The minimum absolute atomic E-state index is 0.0151. The Kier molecular flexibility index (Phi) is 144. The molecule has 0 heterocycles. The van der Waals surface area contributed by atoms with Crippen LogP contribution in [0.3, 0.4) is 0 Å². The summed E-state index contributed by atoms with van der Waals surface area (Å²) in [7, 11) is 1.52. The molecule has 0 bridgehead atoms. The predicted molar refractivity (Wildman–Crippen MR) is 405 cm³/mol. The van der Waals surface area contributed by atoms with Crippen LogP contribution in [-0.4, -0.2) is 353 Å². The molecule has 0 aliphatic heterocycles. The number of hydrogen-bond donors (Lipinski definition) is 7. The van der Waals surface area contributed by atoms with E-state index in [0.717, 1.165) is 0 Å². The van der Waals surface area contributed by atoms with Gasteiger partial charge in [-0.2, -0.15) is 0 Å². The maximum absolute atomic E-state index is 11.2. The molecule has 0 aromatic rings. The molecule has 111 heavy (non-hydrogen) atoms.